The van der Waals surface area contributed by atoms with Gasteiger partial charge < -0.3 is 14.7 Å². The van der Waals surface area contributed by atoms with Crippen molar-refractivity contribution in [3.63, 3.8) is 0 Å². The van der Waals surface area contributed by atoms with Crippen LogP contribution in [-0.2, 0) is 0 Å². The average Bonchev–Trinajstić information content (AvgIpc) is 2.39. The molecule has 2 rings (SSSR count). The van der Waals surface area contributed by atoms with Gasteiger partial charge in [0.05, 0.1) is 39.8 Å². The fraction of sp³-hybridized carbons (Fsp3) is 0.400. The first-order valence-corrected chi connectivity index (χ1v) is 7.16. The minimum atomic E-state index is -0.0582. The molecule has 0 aromatic heterocycles. The van der Waals surface area contributed by atoms with Gasteiger partial charge in [-0.15, -0.1) is 0 Å². The van der Waals surface area contributed by atoms with E-state index in [9.17, 15) is 4.79 Å². The molecule has 0 unspecified atom stereocenters. The Labute approximate surface area is 125 Å². The average molecular weight is 295 g/mol. The maximum absolute atomic E-state index is 12.2. The van der Waals surface area contributed by atoms with Crippen LogP contribution in [0.25, 0.3) is 0 Å². The molecule has 1 aromatic rings. The molecule has 1 saturated heterocycles. The summed E-state index contributed by atoms with van der Waals surface area (Å²) < 4.78 is 0.949. The van der Waals surface area contributed by atoms with Crippen LogP contribution in [0.1, 0.15) is 0 Å². The first-order valence-electron chi connectivity index (χ1n) is 6.78. The molecule has 4 nitrogen and oxygen atoms in total. The van der Waals surface area contributed by atoms with E-state index in [2.05, 4.69) is 18.9 Å². The molecule has 0 spiro atoms. The van der Waals surface area contributed by atoms with Gasteiger partial charge in [-0.05, 0) is 24.3 Å². The SMILES string of the molecule is C=CC[N+]1(C)CCN(C(=O)Nc2cccc(Cl)c2)CC1. The topological polar surface area (TPSA) is 32.3 Å². The fourth-order valence-corrected chi connectivity index (χ4v) is 2.60. The number of piperazine rings is 1. The highest BCUT2D eigenvalue weighted by molar-refractivity contribution is 6.30. The van der Waals surface area contributed by atoms with Crippen molar-refractivity contribution in [1.82, 2.24) is 4.90 Å². The van der Waals surface area contributed by atoms with E-state index in [-0.39, 0.29) is 6.03 Å². The van der Waals surface area contributed by atoms with Crippen molar-refractivity contribution >= 4 is 23.3 Å². The van der Waals surface area contributed by atoms with Crippen LogP contribution in [0, 0.1) is 0 Å². The van der Waals surface area contributed by atoms with Crippen molar-refractivity contribution in [2.75, 3.05) is 45.1 Å². The molecule has 5 heteroatoms. The summed E-state index contributed by atoms with van der Waals surface area (Å²) in [4.78, 5) is 14.0. The molecule has 0 atom stereocenters. The zero-order valence-corrected chi connectivity index (χ0v) is 12.6. The summed E-state index contributed by atoms with van der Waals surface area (Å²) in [6, 6.07) is 7.15. The van der Waals surface area contributed by atoms with E-state index in [1.54, 1.807) is 12.1 Å². The number of carbonyl (C=O) groups is 1. The van der Waals surface area contributed by atoms with Gasteiger partial charge in [-0.25, -0.2) is 4.79 Å². The Hall–Kier alpha value is -1.52. The number of benzene rings is 1. The predicted molar refractivity (Wildman–Crippen MR) is 83.0 cm³/mol. The second-order valence-electron chi connectivity index (χ2n) is 5.47. The second-order valence-corrected chi connectivity index (χ2v) is 5.90. The Bertz CT molecular complexity index is 496. The van der Waals surface area contributed by atoms with Crippen LogP contribution in [0.5, 0.6) is 0 Å². The van der Waals surface area contributed by atoms with Crippen LogP contribution >= 0.6 is 11.6 Å². The fourth-order valence-electron chi connectivity index (χ4n) is 2.41. The van der Waals surface area contributed by atoms with E-state index >= 15 is 0 Å². The summed E-state index contributed by atoms with van der Waals surface area (Å²) in [5, 5.41) is 3.51. The van der Waals surface area contributed by atoms with Crippen molar-refractivity contribution in [3.05, 3.63) is 41.9 Å². The Morgan fingerprint density at radius 3 is 2.80 bits per heavy atom. The van der Waals surface area contributed by atoms with E-state index in [0.717, 1.165) is 42.9 Å². The van der Waals surface area contributed by atoms with Crippen molar-refractivity contribution < 1.29 is 9.28 Å². The van der Waals surface area contributed by atoms with Gasteiger partial charge in [0.2, 0.25) is 0 Å². The van der Waals surface area contributed by atoms with Crippen molar-refractivity contribution in [2.24, 2.45) is 0 Å². The second kappa shape index (κ2) is 6.29. The first-order chi connectivity index (χ1) is 9.52. The maximum Gasteiger partial charge on any atom is 0.322 e. The lowest BCUT2D eigenvalue weighted by molar-refractivity contribution is -0.907. The van der Waals surface area contributed by atoms with Gasteiger partial charge in [0.1, 0.15) is 0 Å². The number of hydrogen-bond donors (Lipinski definition) is 1. The van der Waals surface area contributed by atoms with E-state index < -0.39 is 0 Å². The molecule has 0 bridgehead atoms. The third kappa shape index (κ3) is 3.74. The molecule has 1 N–H and O–H groups in total. The number of rotatable bonds is 3. The largest absolute Gasteiger partial charge is 0.322 e. The van der Waals surface area contributed by atoms with Gasteiger partial charge in [-0.3, -0.25) is 0 Å². The number of urea groups is 1. The van der Waals surface area contributed by atoms with Crippen LogP contribution in [-0.4, -0.2) is 55.2 Å². The van der Waals surface area contributed by atoms with E-state index in [4.69, 9.17) is 11.6 Å². The van der Waals surface area contributed by atoms with Crippen LogP contribution in [0.3, 0.4) is 0 Å². The lowest BCUT2D eigenvalue weighted by Crippen LogP contribution is -2.58. The molecule has 1 aliphatic rings. The van der Waals surface area contributed by atoms with Crippen molar-refractivity contribution in [3.8, 4) is 0 Å². The Morgan fingerprint density at radius 1 is 1.50 bits per heavy atom. The van der Waals surface area contributed by atoms with Gasteiger partial charge in [-0.2, -0.15) is 0 Å². The predicted octanol–water partition coefficient (Wildman–Crippen LogP) is 2.82. The minimum absolute atomic E-state index is 0.0582. The summed E-state index contributed by atoms with van der Waals surface area (Å²) in [7, 11) is 2.20. The van der Waals surface area contributed by atoms with Gasteiger partial charge in [-0.1, -0.05) is 24.2 Å². The first kappa shape index (κ1) is 14.9. The lowest BCUT2D eigenvalue weighted by Gasteiger charge is -2.41. The highest BCUT2D eigenvalue weighted by atomic mass is 35.5. The molecule has 1 aliphatic heterocycles. The standard InChI is InChI=1S/C15H20ClN3O/c1-3-9-19(2)10-7-18(8-11-19)15(20)17-14-6-4-5-13(16)12-14/h3-6,12H,1,7-11H2,2H3/p+1. The lowest BCUT2D eigenvalue weighted by atomic mass is 10.2. The molecule has 2 amide bonds. The highest BCUT2D eigenvalue weighted by Crippen LogP contribution is 2.16. The van der Waals surface area contributed by atoms with E-state index in [0.29, 0.717) is 5.02 Å². The van der Waals surface area contributed by atoms with Crippen LogP contribution in [0.15, 0.2) is 36.9 Å². The zero-order valence-electron chi connectivity index (χ0n) is 11.8. The van der Waals surface area contributed by atoms with E-state index in [1.807, 2.05) is 23.1 Å². The minimum Gasteiger partial charge on any atom is -0.320 e. The summed E-state index contributed by atoms with van der Waals surface area (Å²) >= 11 is 5.91. The number of amides is 2. The number of anilines is 1. The van der Waals surface area contributed by atoms with Gasteiger partial charge in [0.15, 0.2) is 0 Å². The third-order valence-corrected chi connectivity index (χ3v) is 3.99. The number of halogens is 1. The number of quaternary nitrogens is 1. The molecule has 0 saturated carbocycles. The van der Waals surface area contributed by atoms with E-state index in [1.165, 1.54) is 0 Å². The molecular formula is C15H21ClN3O+. The Balaban J connectivity index is 1.90. The van der Waals surface area contributed by atoms with Gasteiger partial charge >= 0.3 is 6.03 Å². The molecule has 0 radical (unpaired) electrons. The smallest absolute Gasteiger partial charge is 0.320 e. The van der Waals surface area contributed by atoms with Gasteiger partial charge in [0, 0.05) is 10.7 Å². The summed E-state index contributed by atoms with van der Waals surface area (Å²) in [5.74, 6) is 0. The number of nitrogens with zero attached hydrogens (tertiary/aromatic N) is 2. The van der Waals surface area contributed by atoms with Crippen LogP contribution in [0.2, 0.25) is 5.02 Å². The molecule has 1 fully saturated rings. The quantitative estimate of drug-likeness (QED) is 0.675. The summed E-state index contributed by atoms with van der Waals surface area (Å²) in [6.07, 6.45) is 1.95. The Kier molecular flexibility index (Phi) is 4.68. The van der Waals surface area contributed by atoms with Crippen molar-refractivity contribution in [1.29, 1.82) is 0 Å². The third-order valence-electron chi connectivity index (χ3n) is 3.75. The monoisotopic (exact) mass is 294 g/mol. The number of carbonyl (C=O) groups excluding carboxylic acids is 1. The van der Waals surface area contributed by atoms with Crippen LogP contribution < -0.4 is 5.32 Å². The molecule has 108 valence electrons. The summed E-state index contributed by atoms with van der Waals surface area (Å²) in [6.45, 7) is 8.17. The number of likely N-dealkylation sites (N-methyl/N-ethyl adjacent to an activating group) is 1. The molecule has 1 heterocycles. The number of nitrogens with one attached hydrogen (secondary N) is 1. The Morgan fingerprint density at radius 2 is 2.20 bits per heavy atom. The maximum atomic E-state index is 12.2. The zero-order chi connectivity index (χ0) is 14.6. The normalized spacial score (nSPS) is 17.6. The van der Waals surface area contributed by atoms with Crippen LogP contribution in [0.4, 0.5) is 10.5 Å². The molecular weight excluding hydrogens is 274 g/mol. The highest BCUT2D eigenvalue weighted by Gasteiger charge is 2.29. The molecule has 1 aromatic carbocycles. The van der Waals surface area contributed by atoms with Crippen molar-refractivity contribution in [2.45, 2.75) is 0 Å². The van der Waals surface area contributed by atoms with Gasteiger partial charge in [0.25, 0.3) is 0 Å². The molecule has 0 aliphatic carbocycles. The molecule has 20 heavy (non-hydrogen) atoms. The number of hydrogen-bond acceptors (Lipinski definition) is 1. The summed E-state index contributed by atoms with van der Waals surface area (Å²) in [5.41, 5.74) is 0.733.